The van der Waals surface area contributed by atoms with Gasteiger partial charge in [0.15, 0.2) is 5.82 Å². The molecule has 0 unspecified atom stereocenters. The van der Waals surface area contributed by atoms with Crippen LogP contribution in [0.5, 0.6) is 0 Å². The molecule has 0 bridgehead atoms. The molecule has 0 aliphatic rings. The first-order valence-corrected chi connectivity index (χ1v) is 5.15. The van der Waals surface area contributed by atoms with E-state index in [1.165, 1.54) is 0 Å². The predicted octanol–water partition coefficient (Wildman–Crippen LogP) is -0.177. The van der Waals surface area contributed by atoms with E-state index in [9.17, 15) is 0 Å². The monoisotopic (exact) mass is 247 g/mol. The number of hydrogen-bond donors (Lipinski definition) is 2. The standard InChI is InChI=1S/C10H13N7O/c1-16(2)10-13-4-3-7(14-10)17-6-5-12-9(17)8(11)15-18/h3-6,18H,1-2H3,(H2,11,15). The maximum atomic E-state index is 8.69. The molecule has 18 heavy (non-hydrogen) atoms. The first-order chi connectivity index (χ1) is 8.63. The molecule has 0 fully saturated rings. The minimum absolute atomic E-state index is 0.0787. The number of hydrogen-bond acceptors (Lipinski definition) is 6. The van der Waals surface area contributed by atoms with Crippen LogP contribution >= 0.6 is 0 Å². The second-order valence-electron chi connectivity index (χ2n) is 3.72. The van der Waals surface area contributed by atoms with Crippen molar-refractivity contribution in [2.24, 2.45) is 10.9 Å². The molecule has 2 aromatic heterocycles. The summed E-state index contributed by atoms with van der Waals surface area (Å²) in [6, 6.07) is 1.71. The highest BCUT2D eigenvalue weighted by Crippen LogP contribution is 2.10. The maximum absolute atomic E-state index is 8.69. The molecule has 94 valence electrons. The SMILES string of the molecule is CN(C)c1nccc(-n2ccnc2C(N)=NO)n1. The van der Waals surface area contributed by atoms with Crippen LogP contribution in [0.15, 0.2) is 29.8 Å². The van der Waals surface area contributed by atoms with Gasteiger partial charge in [0.05, 0.1) is 0 Å². The Labute approximate surface area is 103 Å². The Bertz CT molecular complexity index is 575. The molecule has 0 aliphatic heterocycles. The summed E-state index contributed by atoms with van der Waals surface area (Å²) in [6.45, 7) is 0. The van der Waals surface area contributed by atoms with E-state index in [2.05, 4.69) is 20.1 Å². The third-order valence-electron chi connectivity index (χ3n) is 2.25. The smallest absolute Gasteiger partial charge is 0.226 e. The summed E-state index contributed by atoms with van der Waals surface area (Å²) in [6.07, 6.45) is 4.85. The van der Waals surface area contributed by atoms with Crippen LogP contribution in [0.25, 0.3) is 5.82 Å². The number of anilines is 1. The lowest BCUT2D eigenvalue weighted by Gasteiger charge is -2.11. The molecule has 0 atom stereocenters. The lowest BCUT2D eigenvalue weighted by molar-refractivity contribution is 0.318. The molecule has 0 aliphatic carbocycles. The molecule has 0 spiro atoms. The number of amidine groups is 1. The van der Waals surface area contributed by atoms with Gasteiger partial charge in [-0.15, -0.1) is 0 Å². The Hall–Kier alpha value is -2.64. The van der Waals surface area contributed by atoms with Crippen LogP contribution < -0.4 is 10.6 Å². The molecule has 8 nitrogen and oxygen atoms in total. The fraction of sp³-hybridized carbons (Fsp3) is 0.200. The molecule has 0 aromatic carbocycles. The van der Waals surface area contributed by atoms with Gasteiger partial charge >= 0.3 is 0 Å². The molecule has 0 radical (unpaired) electrons. The largest absolute Gasteiger partial charge is 0.409 e. The Balaban J connectivity index is 2.49. The lowest BCUT2D eigenvalue weighted by atomic mass is 10.5. The van der Waals surface area contributed by atoms with E-state index in [0.29, 0.717) is 17.6 Å². The Kier molecular flexibility index (Phi) is 3.09. The fourth-order valence-electron chi connectivity index (χ4n) is 1.41. The van der Waals surface area contributed by atoms with Crippen molar-refractivity contribution in [2.75, 3.05) is 19.0 Å². The zero-order chi connectivity index (χ0) is 13.1. The number of nitrogens with two attached hydrogens (primary N) is 1. The van der Waals surface area contributed by atoms with Crippen molar-refractivity contribution < 1.29 is 5.21 Å². The highest BCUT2D eigenvalue weighted by atomic mass is 16.4. The van der Waals surface area contributed by atoms with E-state index in [0.717, 1.165) is 0 Å². The molecule has 2 heterocycles. The quantitative estimate of drug-likeness (QED) is 0.337. The number of aromatic nitrogens is 4. The van der Waals surface area contributed by atoms with Crippen molar-refractivity contribution in [2.45, 2.75) is 0 Å². The van der Waals surface area contributed by atoms with Crippen LogP contribution in [-0.4, -0.2) is 44.7 Å². The second-order valence-corrected chi connectivity index (χ2v) is 3.72. The van der Waals surface area contributed by atoms with Gasteiger partial charge in [-0.05, 0) is 6.07 Å². The molecule has 0 saturated heterocycles. The van der Waals surface area contributed by atoms with Gasteiger partial charge in [0.2, 0.25) is 11.8 Å². The number of imidazole rings is 1. The van der Waals surface area contributed by atoms with Gasteiger partial charge in [-0.3, -0.25) is 4.57 Å². The second kappa shape index (κ2) is 4.70. The molecular formula is C10H13N7O. The number of nitrogens with zero attached hydrogens (tertiary/aromatic N) is 6. The first-order valence-electron chi connectivity index (χ1n) is 5.15. The average Bonchev–Trinajstić information content (AvgIpc) is 2.87. The van der Waals surface area contributed by atoms with Gasteiger partial charge in [-0.25, -0.2) is 9.97 Å². The van der Waals surface area contributed by atoms with Crippen LogP contribution in [0.3, 0.4) is 0 Å². The summed E-state index contributed by atoms with van der Waals surface area (Å²) in [5, 5.41) is 11.6. The van der Waals surface area contributed by atoms with Crippen LogP contribution in [-0.2, 0) is 0 Å². The van der Waals surface area contributed by atoms with Gasteiger partial charge < -0.3 is 15.8 Å². The summed E-state index contributed by atoms with van der Waals surface area (Å²) < 4.78 is 1.61. The van der Waals surface area contributed by atoms with E-state index >= 15 is 0 Å². The van der Waals surface area contributed by atoms with Crippen molar-refractivity contribution in [3.05, 3.63) is 30.5 Å². The van der Waals surface area contributed by atoms with Gasteiger partial charge in [-0.2, -0.15) is 4.98 Å². The Morgan fingerprint density at radius 2 is 2.17 bits per heavy atom. The zero-order valence-electron chi connectivity index (χ0n) is 10.0. The summed E-state index contributed by atoms with van der Waals surface area (Å²) in [5.74, 6) is 1.39. The lowest BCUT2D eigenvalue weighted by Crippen LogP contribution is -2.20. The van der Waals surface area contributed by atoms with Crippen molar-refractivity contribution in [3.63, 3.8) is 0 Å². The van der Waals surface area contributed by atoms with E-state index in [-0.39, 0.29) is 5.84 Å². The maximum Gasteiger partial charge on any atom is 0.226 e. The minimum Gasteiger partial charge on any atom is -0.409 e. The van der Waals surface area contributed by atoms with Crippen LogP contribution in [0.2, 0.25) is 0 Å². The van der Waals surface area contributed by atoms with Crippen LogP contribution in [0, 0.1) is 0 Å². The summed E-state index contributed by atoms with van der Waals surface area (Å²) >= 11 is 0. The van der Waals surface area contributed by atoms with Gasteiger partial charge in [-0.1, -0.05) is 5.16 Å². The fourth-order valence-corrected chi connectivity index (χ4v) is 1.41. The van der Waals surface area contributed by atoms with Crippen molar-refractivity contribution >= 4 is 11.8 Å². The molecule has 0 saturated carbocycles. The molecular weight excluding hydrogens is 234 g/mol. The molecule has 2 rings (SSSR count). The van der Waals surface area contributed by atoms with Crippen molar-refractivity contribution in [3.8, 4) is 5.82 Å². The van der Waals surface area contributed by atoms with E-state index in [1.807, 2.05) is 14.1 Å². The summed E-state index contributed by atoms with van der Waals surface area (Å²) in [4.78, 5) is 14.2. The van der Waals surface area contributed by atoms with Crippen LogP contribution in [0.1, 0.15) is 5.82 Å². The normalized spacial score (nSPS) is 11.6. The van der Waals surface area contributed by atoms with Gasteiger partial charge in [0.25, 0.3) is 0 Å². The third kappa shape index (κ3) is 2.08. The van der Waals surface area contributed by atoms with E-state index < -0.39 is 0 Å². The highest BCUT2D eigenvalue weighted by Gasteiger charge is 2.11. The molecule has 3 N–H and O–H groups in total. The van der Waals surface area contributed by atoms with E-state index in [4.69, 9.17) is 10.9 Å². The Morgan fingerprint density at radius 3 is 2.83 bits per heavy atom. The van der Waals surface area contributed by atoms with E-state index in [1.54, 1.807) is 34.1 Å². The minimum atomic E-state index is -0.0787. The van der Waals surface area contributed by atoms with Crippen molar-refractivity contribution in [1.29, 1.82) is 0 Å². The topological polar surface area (TPSA) is 105 Å². The number of oxime groups is 1. The first kappa shape index (κ1) is 11.8. The average molecular weight is 247 g/mol. The van der Waals surface area contributed by atoms with Crippen molar-refractivity contribution in [1.82, 2.24) is 19.5 Å². The number of rotatable bonds is 3. The van der Waals surface area contributed by atoms with Crippen LogP contribution in [0.4, 0.5) is 5.95 Å². The predicted molar refractivity (Wildman–Crippen MR) is 66.0 cm³/mol. The van der Waals surface area contributed by atoms with Gasteiger partial charge in [0, 0.05) is 32.7 Å². The molecule has 0 amide bonds. The molecule has 8 heteroatoms. The molecule has 2 aromatic rings. The van der Waals surface area contributed by atoms with Gasteiger partial charge in [0.1, 0.15) is 5.82 Å². The Morgan fingerprint density at radius 1 is 1.39 bits per heavy atom. The summed E-state index contributed by atoms with van der Waals surface area (Å²) in [5.41, 5.74) is 5.54. The summed E-state index contributed by atoms with van der Waals surface area (Å²) in [7, 11) is 3.69. The zero-order valence-corrected chi connectivity index (χ0v) is 10.0. The third-order valence-corrected chi connectivity index (χ3v) is 2.25. The highest BCUT2D eigenvalue weighted by molar-refractivity contribution is 5.94.